The van der Waals surface area contributed by atoms with Gasteiger partial charge < -0.3 is 9.87 Å². The molecular weight excluding hydrogens is 309 g/mol. The zero-order chi connectivity index (χ0) is 12.9. The first kappa shape index (κ1) is 18.5. The Balaban J connectivity index is 0.00000289. The molecule has 0 aliphatic carbocycles. The fourth-order valence-electron chi connectivity index (χ4n) is 1.01. The number of nitrogens with one attached hydrogen (secondary N) is 1. The largest absolute Gasteiger partial charge is 1.00 e. The molecule has 0 unspecified atom stereocenters. The summed E-state index contributed by atoms with van der Waals surface area (Å²) in [6.45, 7) is -0.478. The Bertz CT molecular complexity index is 490. The fraction of sp³-hybridized carbons (Fsp3) is 0.222. The Hall–Kier alpha value is 0.486. The van der Waals surface area contributed by atoms with Gasteiger partial charge >= 0.3 is 51.4 Å². The first-order chi connectivity index (χ1) is 7.88. The van der Waals surface area contributed by atoms with Crippen LogP contribution in [0.4, 0.5) is 0 Å². The van der Waals surface area contributed by atoms with Crippen molar-refractivity contribution in [3.63, 3.8) is 0 Å². The van der Waals surface area contributed by atoms with Crippen molar-refractivity contribution in [3.05, 3.63) is 34.9 Å². The molecular formula is C9H9ClKNO5S. The Morgan fingerprint density at radius 1 is 1.33 bits per heavy atom. The average molecular weight is 318 g/mol. The average Bonchev–Trinajstić information content (AvgIpc) is 2.24. The molecule has 0 aliphatic rings. The van der Waals surface area contributed by atoms with Gasteiger partial charge in [-0.15, -0.1) is 0 Å². The van der Waals surface area contributed by atoms with Gasteiger partial charge in [0.1, 0.15) is 0 Å². The second kappa shape index (κ2) is 8.62. The molecule has 0 saturated carbocycles. The van der Waals surface area contributed by atoms with Crippen molar-refractivity contribution in [3.8, 4) is 0 Å². The van der Waals surface area contributed by atoms with E-state index in [0.717, 1.165) is 0 Å². The van der Waals surface area contributed by atoms with Crippen LogP contribution in [-0.4, -0.2) is 32.0 Å². The molecule has 1 aromatic rings. The third kappa shape index (κ3) is 7.82. The Morgan fingerprint density at radius 3 is 2.39 bits per heavy atom. The zero-order valence-corrected chi connectivity index (χ0v) is 14.2. The van der Waals surface area contributed by atoms with Gasteiger partial charge in [-0.3, -0.25) is 8.98 Å². The van der Waals surface area contributed by atoms with Crippen LogP contribution in [0.1, 0.15) is 10.4 Å². The van der Waals surface area contributed by atoms with Crippen LogP contribution in [0.15, 0.2) is 24.3 Å². The van der Waals surface area contributed by atoms with Crippen LogP contribution in [0.3, 0.4) is 0 Å². The number of halogens is 1. The maximum Gasteiger partial charge on any atom is 1.00 e. The summed E-state index contributed by atoms with van der Waals surface area (Å²) in [5, 5.41) is 2.88. The van der Waals surface area contributed by atoms with Crippen molar-refractivity contribution in [2.45, 2.75) is 0 Å². The van der Waals surface area contributed by atoms with E-state index < -0.39 is 22.9 Å². The molecule has 1 N–H and O–H groups in total. The van der Waals surface area contributed by atoms with Crippen LogP contribution >= 0.6 is 11.6 Å². The van der Waals surface area contributed by atoms with E-state index in [1.165, 1.54) is 12.1 Å². The molecule has 94 valence electrons. The topological polar surface area (TPSA) is 95.5 Å². The van der Waals surface area contributed by atoms with Gasteiger partial charge in [-0.1, -0.05) is 11.6 Å². The molecule has 0 heterocycles. The molecule has 0 radical (unpaired) electrons. The summed E-state index contributed by atoms with van der Waals surface area (Å²) in [7, 11) is -4.71. The maximum absolute atomic E-state index is 11.4. The predicted octanol–water partition coefficient (Wildman–Crippen LogP) is -2.45. The van der Waals surface area contributed by atoms with E-state index in [9.17, 15) is 17.8 Å². The zero-order valence-electron chi connectivity index (χ0n) is 9.55. The summed E-state index contributed by atoms with van der Waals surface area (Å²) in [5.74, 6) is -0.409. The van der Waals surface area contributed by atoms with Crippen LogP contribution in [0.5, 0.6) is 0 Å². The van der Waals surface area contributed by atoms with Crippen LogP contribution in [0.25, 0.3) is 0 Å². The van der Waals surface area contributed by atoms with Gasteiger partial charge in [0.2, 0.25) is 10.4 Å². The van der Waals surface area contributed by atoms with Crippen LogP contribution < -0.4 is 56.7 Å². The summed E-state index contributed by atoms with van der Waals surface area (Å²) in [4.78, 5) is 11.4. The molecule has 0 aliphatic heterocycles. The van der Waals surface area contributed by atoms with Gasteiger partial charge in [0, 0.05) is 17.1 Å². The van der Waals surface area contributed by atoms with Gasteiger partial charge in [-0.25, -0.2) is 8.42 Å². The van der Waals surface area contributed by atoms with E-state index in [0.29, 0.717) is 10.6 Å². The number of carbonyl (C=O) groups excluding carboxylic acids is 1. The van der Waals surface area contributed by atoms with E-state index in [1.807, 2.05) is 0 Å². The summed E-state index contributed by atoms with van der Waals surface area (Å²) in [6, 6.07) is 6.13. The van der Waals surface area contributed by atoms with Gasteiger partial charge in [0.15, 0.2) is 0 Å². The van der Waals surface area contributed by atoms with Gasteiger partial charge in [-0.2, -0.15) is 0 Å². The Kier molecular flexibility index (Phi) is 8.85. The minimum absolute atomic E-state index is 0. The van der Waals surface area contributed by atoms with E-state index in [1.54, 1.807) is 12.1 Å². The molecule has 6 nitrogen and oxygen atoms in total. The molecule has 0 aromatic heterocycles. The monoisotopic (exact) mass is 317 g/mol. The van der Waals surface area contributed by atoms with Crippen molar-refractivity contribution in [1.29, 1.82) is 0 Å². The Labute approximate surface area is 152 Å². The maximum atomic E-state index is 11.4. The van der Waals surface area contributed by atoms with Crippen LogP contribution in [0, 0.1) is 0 Å². The van der Waals surface area contributed by atoms with Crippen molar-refractivity contribution in [2.24, 2.45) is 0 Å². The third-order valence-electron chi connectivity index (χ3n) is 1.72. The van der Waals surface area contributed by atoms with E-state index >= 15 is 0 Å². The fourth-order valence-corrected chi connectivity index (χ4v) is 1.43. The molecule has 0 fully saturated rings. The third-order valence-corrected chi connectivity index (χ3v) is 2.43. The number of hydrogen-bond donors (Lipinski definition) is 1. The summed E-state index contributed by atoms with van der Waals surface area (Å²) in [5.41, 5.74) is 0.374. The molecule has 1 rings (SSSR count). The molecule has 1 aromatic carbocycles. The standard InChI is InChI=1S/C9H10ClNO5S.K/c10-8-3-1-7(2-4-8)9(12)11-5-6-16-17(13,14)15;/h1-4H,5-6H2,(H,11,12)(H,13,14,15);/q;+1/p-1. The summed E-state index contributed by atoms with van der Waals surface area (Å²) < 4.78 is 34.2. The van der Waals surface area contributed by atoms with Crippen molar-refractivity contribution in [1.82, 2.24) is 5.32 Å². The normalized spacial score (nSPS) is 10.6. The first-order valence-corrected chi connectivity index (χ1v) is 6.23. The number of carbonyl (C=O) groups is 1. The molecule has 1 amide bonds. The van der Waals surface area contributed by atoms with Gasteiger partial charge in [0.05, 0.1) is 6.61 Å². The first-order valence-electron chi connectivity index (χ1n) is 4.52. The van der Waals surface area contributed by atoms with Crippen molar-refractivity contribution >= 4 is 27.9 Å². The molecule has 9 heteroatoms. The molecule has 0 atom stereocenters. The molecule has 0 bridgehead atoms. The summed E-state index contributed by atoms with van der Waals surface area (Å²) in [6.07, 6.45) is 0. The van der Waals surface area contributed by atoms with E-state index in [-0.39, 0.29) is 57.9 Å². The second-order valence-electron chi connectivity index (χ2n) is 2.99. The van der Waals surface area contributed by atoms with Gasteiger partial charge in [-0.05, 0) is 24.3 Å². The van der Waals surface area contributed by atoms with Crippen LogP contribution in [0.2, 0.25) is 5.02 Å². The van der Waals surface area contributed by atoms with E-state index in [4.69, 9.17) is 11.6 Å². The molecule has 0 saturated heterocycles. The van der Waals surface area contributed by atoms with Gasteiger partial charge in [0.25, 0.3) is 5.91 Å². The minimum Gasteiger partial charge on any atom is -0.726 e. The van der Waals surface area contributed by atoms with Crippen molar-refractivity contribution in [2.75, 3.05) is 13.2 Å². The molecule has 18 heavy (non-hydrogen) atoms. The number of amides is 1. The quantitative estimate of drug-likeness (QED) is 0.281. The number of hydrogen-bond acceptors (Lipinski definition) is 5. The minimum atomic E-state index is -4.71. The van der Waals surface area contributed by atoms with E-state index in [2.05, 4.69) is 9.50 Å². The second-order valence-corrected chi connectivity index (χ2v) is 4.48. The summed E-state index contributed by atoms with van der Waals surface area (Å²) >= 11 is 5.64. The smallest absolute Gasteiger partial charge is 0.726 e. The molecule has 0 spiro atoms. The SMILES string of the molecule is O=C(NCCOS(=O)(=O)[O-])c1ccc(Cl)cc1.[K+]. The number of benzene rings is 1. The van der Waals surface area contributed by atoms with Crippen molar-refractivity contribution < 1.29 is 73.3 Å². The number of rotatable bonds is 5. The van der Waals surface area contributed by atoms with Crippen LogP contribution in [-0.2, 0) is 14.6 Å². The Morgan fingerprint density at radius 2 is 1.89 bits per heavy atom. The predicted molar refractivity (Wildman–Crippen MR) is 59.4 cm³/mol.